The topological polar surface area (TPSA) is 126 Å². The van der Waals surface area contributed by atoms with Crippen LogP contribution in [0.25, 0.3) is 0 Å². The second-order valence-electron chi connectivity index (χ2n) is 6.57. The molecule has 1 aliphatic rings. The largest absolute Gasteiger partial charge is 0.377 e. The molecule has 0 aromatic carbocycles. The van der Waals surface area contributed by atoms with Gasteiger partial charge in [0.15, 0.2) is 16.1 Å². The van der Waals surface area contributed by atoms with Crippen LogP contribution in [-0.4, -0.2) is 59.1 Å². The lowest BCUT2D eigenvalue weighted by molar-refractivity contribution is 0.0538. The van der Waals surface area contributed by atoms with Gasteiger partial charge in [-0.05, 0) is 19.8 Å². The van der Waals surface area contributed by atoms with Crippen LogP contribution in [0.1, 0.15) is 45.0 Å². The van der Waals surface area contributed by atoms with Crippen molar-refractivity contribution in [2.45, 2.75) is 38.8 Å². The van der Waals surface area contributed by atoms with Crippen molar-refractivity contribution >= 4 is 39.9 Å². The highest BCUT2D eigenvalue weighted by Crippen LogP contribution is 2.29. The van der Waals surface area contributed by atoms with Crippen LogP contribution in [0.3, 0.4) is 0 Å². The van der Waals surface area contributed by atoms with Gasteiger partial charge in [-0.3, -0.25) is 9.59 Å². The van der Waals surface area contributed by atoms with Gasteiger partial charge < -0.3 is 25.7 Å². The number of carbonyl (C=O) groups is 2. The molecule has 0 saturated carbocycles. The van der Waals surface area contributed by atoms with Gasteiger partial charge in [0.1, 0.15) is 4.88 Å². The Labute approximate surface area is 171 Å². The fraction of sp³-hybridized carbons (Fsp3) is 0.529. The van der Waals surface area contributed by atoms with Crippen molar-refractivity contribution < 1.29 is 14.3 Å². The summed E-state index contributed by atoms with van der Waals surface area (Å²) in [5.41, 5.74) is 6.74. The molecule has 4 N–H and O–H groups in total. The number of thiazole rings is 1. The van der Waals surface area contributed by atoms with E-state index in [1.807, 2.05) is 11.8 Å². The summed E-state index contributed by atoms with van der Waals surface area (Å²) in [5, 5.41) is 4.01. The maximum atomic E-state index is 12.5. The highest BCUT2D eigenvalue weighted by molar-refractivity contribution is 7.17. The molecule has 2 aromatic rings. The number of aryl methyl sites for hydroxylation is 2. The van der Waals surface area contributed by atoms with E-state index in [0.29, 0.717) is 41.7 Å². The van der Waals surface area contributed by atoms with E-state index in [2.05, 4.69) is 20.3 Å². The zero-order valence-electron chi connectivity index (χ0n) is 15.9. The molecule has 0 spiro atoms. The Morgan fingerprint density at radius 1 is 1.46 bits per heavy atom. The van der Waals surface area contributed by atoms with Gasteiger partial charge in [0, 0.05) is 20.2 Å². The van der Waals surface area contributed by atoms with Crippen LogP contribution in [0.4, 0.5) is 5.13 Å². The van der Waals surface area contributed by atoms with Crippen LogP contribution < -0.4 is 16.0 Å². The van der Waals surface area contributed by atoms with Crippen molar-refractivity contribution in [1.82, 2.24) is 20.3 Å². The predicted octanol–water partition coefficient (Wildman–Crippen LogP) is 1.51. The van der Waals surface area contributed by atoms with Gasteiger partial charge in [-0.1, -0.05) is 29.9 Å². The standard InChI is InChI=1S/C17H23ClN6O3S/c1-4-9-13(18)23-15(21-9)16(26)22-10-5-6-24(7-11(10)27-3)17-20-8(2)12(28-17)14(19)25/h10-11H,4-7H2,1-3H3,(H2,19,25)(H,21,23)(H,22,26)/t10-,11+/m0/s1. The van der Waals surface area contributed by atoms with E-state index in [0.717, 1.165) is 10.8 Å². The number of methoxy groups -OCH3 is 1. The molecule has 2 amide bonds. The molecule has 11 heteroatoms. The van der Waals surface area contributed by atoms with E-state index in [4.69, 9.17) is 22.1 Å². The van der Waals surface area contributed by atoms with E-state index in [1.165, 1.54) is 11.3 Å². The minimum Gasteiger partial charge on any atom is -0.377 e. The van der Waals surface area contributed by atoms with Crippen LogP contribution in [0.2, 0.25) is 5.15 Å². The van der Waals surface area contributed by atoms with E-state index >= 15 is 0 Å². The Hall–Kier alpha value is -2.17. The highest BCUT2D eigenvalue weighted by Gasteiger charge is 2.33. The fourth-order valence-corrected chi connectivity index (χ4v) is 4.43. The Morgan fingerprint density at radius 3 is 2.79 bits per heavy atom. The zero-order valence-corrected chi connectivity index (χ0v) is 17.5. The number of nitrogens with zero attached hydrogens (tertiary/aromatic N) is 3. The number of H-pyrrole nitrogens is 1. The van der Waals surface area contributed by atoms with Gasteiger partial charge in [0.25, 0.3) is 11.8 Å². The average molecular weight is 427 g/mol. The van der Waals surface area contributed by atoms with Crippen molar-refractivity contribution in [3.8, 4) is 0 Å². The molecule has 1 aliphatic heterocycles. The third-order valence-corrected chi connectivity index (χ3v) is 6.30. The summed E-state index contributed by atoms with van der Waals surface area (Å²) in [5.74, 6) is -0.598. The molecule has 0 unspecified atom stereocenters. The number of aromatic amines is 1. The monoisotopic (exact) mass is 426 g/mol. The molecule has 3 rings (SSSR count). The smallest absolute Gasteiger partial charge is 0.287 e. The molecule has 2 atom stereocenters. The molecule has 1 fully saturated rings. The van der Waals surface area contributed by atoms with Crippen molar-refractivity contribution in [2.24, 2.45) is 5.73 Å². The molecule has 0 aliphatic carbocycles. The van der Waals surface area contributed by atoms with Crippen LogP contribution in [0.5, 0.6) is 0 Å². The third kappa shape index (κ3) is 4.13. The van der Waals surface area contributed by atoms with Crippen molar-refractivity contribution in [3.05, 3.63) is 27.2 Å². The molecule has 9 nitrogen and oxygen atoms in total. The lowest BCUT2D eigenvalue weighted by Crippen LogP contribution is -2.55. The van der Waals surface area contributed by atoms with Crippen molar-refractivity contribution in [3.63, 3.8) is 0 Å². The van der Waals surface area contributed by atoms with Gasteiger partial charge in [-0.25, -0.2) is 9.97 Å². The number of hydrogen-bond acceptors (Lipinski definition) is 7. The van der Waals surface area contributed by atoms with Crippen LogP contribution >= 0.6 is 22.9 Å². The first-order chi connectivity index (χ1) is 13.3. The molecule has 28 heavy (non-hydrogen) atoms. The fourth-order valence-electron chi connectivity index (χ4n) is 3.21. The summed E-state index contributed by atoms with van der Waals surface area (Å²) in [6, 6.07) is -0.181. The van der Waals surface area contributed by atoms with Gasteiger partial charge in [0.05, 0.1) is 23.5 Å². The Morgan fingerprint density at radius 2 is 2.21 bits per heavy atom. The number of ether oxygens (including phenoxy) is 1. The molecule has 3 heterocycles. The van der Waals surface area contributed by atoms with Gasteiger partial charge in [-0.2, -0.15) is 0 Å². The average Bonchev–Trinajstić information content (AvgIpc) is 3.24. The van der Waals surface area contributed by atoms with Gasteiger partial charge in [-0.15, -0.1) is 0 Å². The first kappa shape index (κ1) is 20.6. The molecule has 1 saturated heterocycles. The second kappa shape index (κ2) is 8.46. The number of nitrogens with one attached hydrogen (secondary N) is 2. The summed E-state index contributed by atoms with van der Waals surface area (Å²) in [4.78, 5) is 38.0. The normalized spacial score (nSPS) is 19.6. The number of aromatic nitrogens is 3. The number of halogens is 1. The predicted molar refractivity (Wildman–Crippen MR) is 107 cm³/mol. The first-order valence-corrected chi connectivity index (χ1v) is 10.1. The minimum absolute atomic E-state index is 0.181. The summed E-state index contributed by atoms with van der Waals surface area (Å²) in [7, 11) is 1.61. The Balaban J connectivity index is 1.68. The van der Waals surface area contributed by atoms with Crippen LogP contribution in [0.15, 0.2) is 0 Å². The lowest BCUT2D eigenvalue weighted by Gasteiger charge is -2.37. The SMILES string of the molecule is CCc1[nH]c(C(=O)N[C@H]2CCN(c3nc(C)c(C(N)=O)s3)C[C@H]2OC)nc1Cl. The zero-order chi connectivity index (χ0) is 20.4. The number of rotatable bonds is 6. The highest BCUT2D eigenvalue weighted by atomic mass is 35.5. The number of primary amides is 1. The number of hydrogen-bond donors (Lipinski definition) is 3. The maximum Gasteiger partial charge on any atom is 0.287 e. The van der Waals surface area contributed by atoms with E-state index in [-0.39, 0.29) is 23.9 Å². The Bertz CT molecular complexity index is 882. The van der Waals surface area contributed by atoms with E-state index in [1.54, 1.807) is 14.0 Å². The molecule has 152 valence electrons. The number of anilines is 1. The number of carbonyl (C=O) groups excluding carboxylic acids is 2. The third-order valence-electron chi connectivity index (χ3n) is 4.75. The quantitative estimate of drug-likeness (QED) is 0.642. The number of amides is 2. The number of imidazole rings is 1. The van der Waals surface area contributed by atoms with Gasteiger partial charge >= 0.3 is 0 Å². The summed E-state index contributed by atoms with van der Waals surface area (Å²) < 4.78 is 5.60. The molecular weight excluding hydrogens is 404 g/mol. The summed E-state index contributed by atoms with van der Waals surface area (Å²) in [6.45, 7) is 4.89. The van der Waals surface area contributed by atoms with Crippen LogP contribution in [-0.2, 0) is 11.2 Å². The number of nitrogens with two attached hydrogens (primary N) is 1. The maximum absolute atomic E-state index is 12.5. The Kier molecular flexibility index (Phi) is 6.21. The summed E-state index contributed by atoms with van der Waals surface area (Å²) >= 11 is 7.29. The minimum atomic E-state index is -0.477. The second-order valence-corrected chi connectivity index (χ2v) is 7.91. The molecular formula is C17H23ClN6O3S. The van der Waals surface area contributed by atoms with Crippen molar-refractivity contribution in [1.29, 1.82) is 0 Å². The van der Waals surface area contributed by atoms with Crippen molar-refractivity contribution in [2.75, 3.05) is 25.1 Å². The lowest BCUT2D eigenvalue weighted by atomic mass is 10.0. The van der Waals surface area contributed by atoms with E-state index < -0.39 is 5.91 Å². The molecule has 2 aromatic heterocycles. The first-order valence-electron chi connectivity index (χ1n) is 8.94. The summed E-state index contributed by atoms with van der Waals surface area (Å²) in [6.07, 6.45) is 1.08. The molecule has 0 radical (unpaired) electrons. The van der Waals surface area contributed by atoms with Gasteiger partial charge in [0.2, 0.25) is 0 Å². The van der Waals surface area contributed by atoms with E-state index in [9.17, 15) is 9.59 Å². The number of piperidine rings is 1. The van der Waals surface area contributed by atoms with Crippen LogP contribution in [0, 0.1) is 6.92 Å². The molecule has 0 bridgehead atoms.